The van der Waals surface area contributed by atoms with E-state index >= 15 is 0 Å². The number of allylic oxidation sites excluding steroid dienone is 7. The largest absolute Gasteiger partial charge is 0.311 e. The molecular formula is C57H51N3. The smallest absolute Gasteiger partial charge is 0.0542 e. The summed E-state index contributed by atoms with van der Waals surface area (Å²) >= 11 is 0. The molecule has 0 amide bonds. The highest BCUT2D eigenvalue weighted by molar-refractivity contribution is 6.10. The second kappa shape index (κ2) is 18.5. The van der Waals surface area contributed by atoms with Crippen molar-refractivity contribution in [1.82, 2.24) is 4.57 Å². The van der Waals surface area contributed by atoms with Crippen molar-refractivity contribution in [3.8, 4) is 27.9 Å². The fraction of sp³-hybridized carbons (Fsp3) is 0.0877. The molecule has 3 heteroatoms. The van der Waals surface area contributed by atoms with E-state index in [1.165, 1.54) is 49.8 Å². The van der Waals surface area contributed by atoms with Gasteiger partial charge in [0.05, 0.1) is 11.0 Å². The Morgan fingerprint density at radius 3 is 1.68 bits per heavy atom. The van der Waals surface area contributed by atoms with E-state index in [0.29, 0.717) is 0 Å². The number of hydrogen-bond acceptors (Lipinski definition) is 2. The number of hydrogen-bond donors (Lipinski definition) is 0. The summed E-state index contributed by atoms with van der Waals surface area (Å²) < 4.78 is 2.39. The summed E-state index contributed by atoms with van der Waals surface area (Å²) in [6, 6.07) is 63.6. The zero-order valence-corrected chi connectivity index (χ0v) is 34.7. The van der Waals surface area contributed by atoms with Crippen LogP contribution < -0.4 is 9.80 Å². The molecule has 7 aromatic carbocycles. The zero-order chi connectivity index (χ0) is 41.3. The molecule has 1 heterocycles. The molecule has 0 saturated carbocycles. The minimum Gasteiger partial charge on any atom is -0.311 e. The van der Waals surface area contributed by atoms with Crippen LogP contribution in [0.1, 0.15) is 33.6 Å². The Balaban J connectivity index is 0.00000162. The van der Waals surface area contributed by atoms with Gasteiger partial charge in [-0.05, 0) is 141 Å². The van der Waals surface area contributed by atoms with E-state index in [0.717, 1.165) is 47.0 Å². The van der Waals surface area contributed by atoms with Gasteiger partial charge in [0.2, 0.25) is 0 Å². The summed E-state index contributed by atoms with van der Waals surface area (Å²) in [7, 11) is 0. The fourth-order valence-corrected chi connectivity index (χ4v) is 8.13. The van der Waals surface area contributed by atoms with Crippen LogP contribution in [0.15, 0.2) is 236 Å². The van der Waals surface area contributed by atoms with Crippen molar-refractivity contribution in [2.45, 2.75) is 33.6 Å². The van der Waals surface area contributed by atoms with Gasteiger partial charge in [-0.15, -0.1) is 6.58 Å². The van der Waals surface area contributed by atoms with E-state index in [2.05, 4.69) is 247 Å². The number of benzene rings is 7. The van der Waals surface area contributed by atoms with Gasteiger partial charge in [-0.3, -0.25) is 0 Å². The summed E-state index contributed by atoms with van der Waals surface area (Å²) in [5, 5.41) is 2.45. The second-order valence-electron chi connectivity index (χ2n) is 14.8. The lowest BCUT2D eigenvalue weighted by atomic mass is 10.0. The van der Waals surface area contributed by atoms with Crippen molar-refractivity contribution in [1.29, 1.82) is 0 Å². The van der Waals surface area contributed by atoms with Gasteiger partial charge < -0.3 is 14.4 Å². The molecule has 1 aromatic heterocycles. The van der Waals surface area contributed by atoms with Crippen LogP contribution in [0.25, 0.3) is 49.7 Å². The Morgan fingerprint density at radius 2 is 1.07 bits per heavy atom. The van der Waals surface area contributed by atoms with Crippen LogP contribution in [0.2, 0.25) is 0 Å². The molecule has 0 aliphatic heterocycles. The first-order chi connectivity index (χ1) is 29.6. The molecule has 0 radical (unpaired) electrons. The lowest BCUT2D eigenvalue weighted by Gasteiger charge is -2.28. The quantitative estimate of drug-likeness (QED) is 0.101. The van der Waals surface area contributed by atoms with Crippen LogP contribution in [0.5, 0.6) is 0 Å². The topological polar surface area (TPSA) is 11.4 Å². The standard InChI is InChI=1S/C54H45N3.C3H6/c1-3-16-44(4-2)55(47-31-25-42(26-32-47)43-27-33-48(34-28-43)56(45-19-10-6-11-20-45)46-21-12-7-13-22-46)50-37-38-54-52(39-50)51-23-14-15-24-53(51)57(54)49-35-29-41(30-36-49)40-17-8-5-9-18-40;1-3-2/h3-6,8-12,14-39H,7,13H2,1-2H3;3H,1H2,2H3/b16-3-,44-4+;. The predicted octanol–water partition coefficient (Wildman–Crippen LogP) is 16.3. The Kier molecular flexibility index (Phi) is 12.2. The lowest BCUT2D eigenvalue weighted by Crippen LogP contribution is -2.16. The van der Waals surface area contributed by atoms with Crippen molar-refractivity contribution in [3.05, 3.63) is 236 Å². The average molecular weight is 778 g/mol. The number of aromatic nitrogens is 1. The molecule has 0 N–H and O–H groups in total. The van der Waals surface area contributed by atoms with Gasteiger partial charge >= 0.3 is 0 Å². The molecule has 0 atom stereocenters. The first kappa shape index (κ1) is 39.5. The molecule has 0 unspecified atom stereocenters. The number of nitrogens with zero attached hydrogens (tertiary/aromatic N) is 3. The predicted molar refractivity (Wildman–Crippen MR) is 260 cm³/mol. The third-order valence-electron chi connectivity index (χ3n) is 10.9. The zero-order valence-electron chi connectivity index (χ0n) is 34.7. The van der Waals surface area contributed by atoms with Gasteiger partial charge in [0.15, 0.2) is 0 Å². The highest BCUT2D eigenvalue weighted by Gasteiger charge is 2.19. The van der Waals surface area contributed by atoms with Crippen LogP contribution in [0.4, 0.5) is 22.7 Å². The summed E-state index contributed by atoms with van der Waals surface area (Å²) in [6.45, 7) is 9.44. The summed E-state index contributed by atoms with van der Waals surface area (Å²) in [5.74, 6) is 0. The van der Waals surface area contributed by atoms with Crippen molar-refractivity contribution in [2.75, 3.05) is 9.80 Å². The maximum Gasteiger partial charge on any atom is 0.0542 e. The summed E-state index contributed by atoms with van der Waals surface area (Å²) in [5.41, 5.74) is 15.2. The van der Waals surface area contributed by atoms with Gasteiger partial charge in [-0.2, -0.15) is 0 Å². The highest BCUT2D eigenvalue weighted by Crippen LogP contribution is 2.39. The normalized spacial score (nSPS) is 12.6. The van der Waals surface area contributed by atoms with Gasteiger partial charge in [0.1, 0.15) is 0 Å². The molecule has 294 valence electrons. The summed E-state index contributed by atoms with van der Waals surface area (Å²) in [4.78, 5) is 4.70. The van der Waals surface area contributed by atoms with E-state index in [9.17, 15) is 0 Å². The van der Waals surface area contributed by atoms with Crippen LogP contribution in [0, 0.1) is 0 Å². The Labute approximate surface area is 355 Å². The highest BCUT2D eigenvalue weighted by atomic mass is 15.2. The number of anilines is 4. The van der Waals surface area contributed by atoms with E-state index in [4.69, 9.17) is 0 Å². The first-order valence-electron chi connectivity index (χ1n) is 20.9. The molecule has 1 aliphatic rings. The Morgan fingerprint density at radius 1 is 0.533 bits per heavy atom. The maximum atomic E-state index is 3.36. The number of fused-ring (bicyclic) bond motifs is 3. The van der Waals surface area contributed by atoms with Crippen molar-refractivity contribution >= 4 is 44.6 Å². The van der Waals surface area contributed by atoms with Crippen LogP contribution in [-0.4, -0.2) is 4.57 Å². The molecule has 60 heavy (non-hydrogen) atoms. The lowest BCUT2D eigenvalue weighted by molar-refractivity contribution is 0.997. The van der Waals surface area contributed by atoms with Crippen molar-refractivity contribution < 1.29 is 0 Å². The first-order valence-corrected chi connectivity index (χ1v) is 20.9. The fourth-order valence-electron chi connectivity index (χ4n) is 8.13. The van der Waals surface area contributed by atoms with Crippen LogP contribution in [0.3, 0.4) is 0 Å². The van der Waals surface area contributed by atoms with Gasteiger partial charge in [0, 0.05) is 50.6 Å². The van der Waals surface area contributed by atoms with Gasteiger partial charge in [-0.25, -0.2) is 0 Å². The molecule has 0 spiro atoms. The van der Waals surface area contributed by atoms with E-state index < -0.39 is 0 Å². The van der Waals surface area contributed by atoms with Crippen molar-refractivity contribution in [2.24, 2.45) is 0 Å². The molecule has 0 bridgehead atoms. The maximum absolute atomic E-state index is 3.36. The molecule has 8 aromatic rings. The van der Waals surface area contributed by atoms with Crippen molar-refractivity contribution in [3.63, 3.8) is 0 Å². The molecule has 3 nitrogen and oxygen atoms in total. The van der Waals surface area contributed by atoms with E-state index in [1.54, 1.807) is 6.08 Å². The van der Waals surface area contributed by atoms with E-state index in [1.807, 2.05) is 6.92 Å². The minimum atomic E-state index is 1.06. The van der Waals surface area contributed by atoms with Crippen LogP contribution in [-0.2, 0) is 0 Å². The van der Waals surface area contributed by atoms with E-state index in [-0.39, 0.29) is 0 Å². The van der Waals surface area contributed by atoms with Crippen LogP contribution >= 0.6 is 0 Å². The third-order valence-corrected chi connectivity index (χ3v) is 10.9. The third kappa shape index (κ3) is 8.16. The Hall–Kier alpha value is -7.36. The monoisotopic (exact) mass is 777 g/mol. The van der Waals surface area contributed by atoms with Gasteiger partial charge in [-0.1, -0.05) is 134 Å². The second-order valence-corrected chi connectivity index (χ2v) is 14.8. The molecule has 0 saturated heterocycles. The number of para-hydroxylation sites is 2. The molecule has 9 rings (SSSR count). The summed E-state index contributed by atoms with van der Waals surface area (Å²) in [6.07, 6.45) is 17.2. The molecular weight excluding hydrogens is 727 g/mol. The minimum absolute atomic E-state index is 1.06. The molecule has 1 aliphatic carbocycles. The Bertz CT molecular complexity index is 2820. The number of rotatable bonds is 10. The average Bonchev–Trinajstić information content (AvgIpc) is 3.64. The SMILES string of the molecule is C/C=C\C(=C/C)N(c1ccc(-c2ccc(N(C3=CCCC=C3)c3ccccc3)cc2)cc1)c1ccc2c(c1)c1ccccc1n2-c1ccc(-c2ccccc2)cc1.C=CC. The van der Waals surface area contributed by atoms with Gasteiger partial charge in [0.25, 0.3) is 0 Å². The molecule has 0 fully saturated rings.